The van der Waals surface area contributed by atoms with Crippen molar-refractivity contribution in [1.29, 1.82) is 0 Å². The molecule has 0 atom stereocenters. The van der Waals surface area contributed by atoms with Crippen LogP contribution in [0.5, 0.6) is 0 Å². The molecule has 0 bridgehead atoms. The van der Waals surface area contributed by atoms with E-state index in [1.165, 1.54) is 10.6 Å². The van der Waals surface area contributed by atoms with Gasteiger partial charge in [-0.05, 0) is 49.1 Å². The molecule has 1 N–H and O–H groups in total. The van der Waals surface area contributed by atoms with Gasteiger partial charge in [-0.25, -0.2) is 0 Å². The van der Waals surface area contributed by atoms with E-state index in [1.54, 1.807) is 35.2 Å². The Morgan fingerprint density at radius 3 is 2.42 bits per heavy atom. The molecule has 1 aromatic carbocycles. The quantitative estimate of drug-likeness (QED) is 0.702. The second-order valence-corrected chi connectivity index (χ2v) is 9.43. The highest BCUT2D eigenvalue weighted by atomic mass is 35.5. The van der Waals surface area contributed by atoms with E-state index in [2.05, 4.69) is 5.32 Å². The van der Waals surface area contributed by atoms with Crippen LogP contribution in [0, 0.1) is 0 Å². The van der Waals surface area contributed by atoms with E-state index in [4.69, 9.17) is 11.6 Å². The summed E-state index contributed by atoms with van der Waals surface area (Å²) in [6.07, 6.45) is 3.26. The van der Waals surface area contributed by atoms with Crippen molar-refractivity contribution in [2.24, 2.45) is 0 Å². The number of aromatic nitrogens is 1. The molecule has 5 rings (SSSR count). The average molecular weight is 469 g/mol. The summed E-state index contributed by atoms with van der Waals surface area (Å²) in [6, 6.07) is 10.0. The lowest BCUT2D eigenvalue weighted by atomic mass is 10.1. The maximum atomic E-state index is 13.1. The normalized spacial score (nSPS) is 18.9. The number of rotatable bonds is 6. The third-order valence-electron chi connectivity index (χ3n) is 6.84. The van der Waals surface area contributed by atoms with E-state index >= 15 is 0 Å². The van der Waals surface area contributed by atoms with Gasteiger partial charge in [-0.15, -0.1) is 0 Å². The Labute approximate surface area is 196 Å². The number of nitrogens with one attached hydrogen (secondary N) is 1. The van der Waals surface area contributed by atoms with Crippen LogP contribution in [0.25, 0.3) is 0 Å². The van der Waals surface area contributed by atoms with E-state index in [9.17, 15) is 19.2 Å². The largest absolute Gasteiger partial charge is 0.348 e. The van der Waals surface area contributed by atoms with Crippen LogP contribution < -0.4 is 10.9 Å². The van der Waals surface area contributed by atoms with Crippen molar-refractivity contribution in [2.75, 3.05) is 19.6 Å². The number of pyridine rings is 1. The number of carbonyl (C=O) groups is 3. The molecule has 8 nitrogen and oxygen atoms in total. The molecule has 2 fully saturated rings. The van der Waals surface area contributed by atoms with Crippen LogP contribution in [0.15, 0.2) is 41.2 Å². The first-order chi connectivity index (χ1) is 15.9. The van der Waals surface area contributed by atoms with Crippen LogP contribution in [0.4, 0.5) is 0 Å². The summed E-state index contributed by atoms with van der Waals surface area (Å²) in [6.45, 7) is 2.22. The van der Waals surface area contributed by atoms with Crippen molar-refractivity contribution in [2.45, 2.75) is 44.3 Å². The van der Waals surface area contributed by atoms with Gasteiger partial charge in [0.25, 0.3) is 17.4 Å². The zero-order valence-corrected chi connectivity index (χ0v) is 18.9. The standard InChI is InChI=1S/C24H25ClN4O4/c25-17-5-3-16(4-6-17)14-26-21(31)18-7-8-19-23(33)27(12-13-28(19)22(18)32)15-24(9-10-24)29-11-1-2-20(29)30/h3-8H,1-2,9-15H2,(H,26,31). The van der Waals surface area contributed by atoms with Crippen molar-refractivity contribution in [3.05, 3.63) is 68.6 Å². The molecule has 1 aliphatic carbocycles. The van der Waals surface area contributed by atoms with Gasteiger partial charge in [0.15, 0.2) is 0 Å². The Hall–Kier alpha value is -3.13. The van der Waals surface area contributed by atoms with Crippen molar-refractivity contribution in [1.82, 2.24) is 19.7 Å². The Kier molecular flexibility index (Phi) is 5.48. The van der Waals surface area contributed by atoms with Gasteiger partial charge in [-0.2, -0.15) is 0 Å². The maximum absolute atomic E-state index is 13.1. The Bertz CT molecular complexity index is 1190. The predicted molar refractivity (Wildman–Crippen MR) is 122 cm³/mol. The van der Waals surface area contributed by atoms with Gasteiger partial charge in [-0.3, -0.25) is 19.2 Å². The molecular weight excluding hydrogens is 444 g/mol. The first-order valence-corrected chi connectivity index (χ1v) is 11.6. The molecule has 9 heteroatoms. The number of fused-ring (bicyclic) bond motifs is 1. The number of nitrogens with zero attached hydrogens (tertiary/aromatic N) is 3. The van der Waals surface area contributed by atoms with E-state index in [0.29, 0.717) is 31.1 Å². The molecule has 3 aliphatic rings. The Morgan fingerprint density at radius 1 is 1.00 bits per heavy atom. The van der Waals surface area contributed by atoms with Crippen LogP contribution in [-0.4, -0.2) is 57.3 Å². The summed E-state index contributed by atoms with van der Waals surface area (Å²) < 4.78 is 1.39. The van der Waals surface area contributed by atoms with Gasteiger partial charge in [0.05, 0.1) is 5.54 Å². The topological polar surface area (TPSA) is 91.7 Å². The molecule has 172 valence electrons. The van der Waals surface area contributed by atoms with Crippen LogP contribution in [-0.2, 0) is 17.9 Å². The number of amides is 3. The van der Waals surface area contributed by atoms with Crippen molar-refractivity contribution in [3.8, 4) is 0 Å². The fraction of sp³-hybridized carbons (Fsp3) is 0.417. The van der Waals surface area contributed by atoms with Crippen molar-refractivity contribution < 1.29 is 14.4 Å². The summed E-state index contributed by atoms with van der Waals surface area (Å²) in [4.78, 5) is 54.6. The lowest BCUT2D eigenvalue weighted by Crippen LogP contribution is -2.52. The minimum absolute atomic E-state index is 0.00953. The summed E-state index contributed by atoms with van der Waals surface area (Å²) >= 11 is 5.88. The van der Waals surface area contributed by atoms with Crippen LogP contribution in [0.2, 0.25) is 5.02 Å². The SMILES string of the molecule is O=C(NCc1ccc(Cl)cc1)c1ccc2n(c1=O)CCN(CC1(N3CCCC3=O)CC1)C2=O. The molecule has 1 saturated carbocycles. The van der Waals surface area contributed by atoms with Crippen LogP contribution in [0.1, 0.15) is 52.1 Å². The molecular formula is C24H25ClN4O4. The molecule has 0 spiro atoms. The molecule has 3 heterocycles. The Morgan fingerprint density at radius 2 is 1.76 bits per heavy atom. The zero-order valence-electron chi connectivity index (χ0n) is 18.2. The fourth-order valence-corrected chi connectivity index (χ4v) is 4.96. The minimum atomic E-state index is -0.482. The molecule has 3 amide bonds. The number of halogens is 1. The van der Waals surface area contributed by atoms with Gasteiger partial charge in [0, 0.05) is 44.2 Å². The average Bonchev–Trinajstić information content (AvgIpc) is 3.45. The molecule has 1 aromatic heterocycles. The monoisotopic (exact) mass is 468 g/mol. The minimum Gasteiger partial charge on any atom is -0.348 e. The number of hydrogen-bond donors (Lipinski definition) is 1. The third-order valence-corrected chi connectivity index (χ3v) is 7.10. The summed E-state index contributed by atoms with van der Waals surface area (Å²) in [5, 5.41) is 3.36. The van der Waals surface area contributed by atoms with Crippen molar-refractivity contribution in [3.63, 3.8) is 0 Å². The van der Waals surface area contributed by atoms with E-state index in [0.717, 1.165) is 31.4 Å². The second kappa shape index (κ2) is 8.33. The highest BCUT2D eigenvalue weighted by molar-refractivity contribution is 6.30. The van der Waals surface area contributed by atoms with E-state index in [1.807, 2.05) is 4.90 Å². The fourth-order valence-electron chi connectivity index (χ4n) is 4.84. The summed E-state index contributed by atoms with van der Waals surface area (Å²) in [5.41, 5.74) is 0.444. The van der Waals surface area contributed by atoms with E-state index in [-0.39, 0.29) is 35.2 Å². The van der Waals surface area contributed by atoms with Gasteiger partial charge in [-0.1, -0.05) is 23.7 Å². The van der Waals surface area contributed by atoms with Gasteiger partial charge in [0.2, 0.25) is 5.91 Å². The number of hydrogen-bond acceptors (Lipinski definition) is 4. The Balaban J connectivity index is 1.29. The first kappa shape index (κ1) is 21.7. The molecule has 33 heavy (non-hydrogen) atoms. The van der Waals surface area contributed by atoms with Crippen molar-refractivity contribution >= 4 is 29.3 Å². The maximum Gasteiger partial charge on any atom is 0.270 e. The highest BCUT2D eigenvalue weighted by Gasteiger charge is 2.53. The van der Waals surface area contributed by atoms with Gasteiger partial charge < -0.3 is 19.7 Å². The van der Waals surface area contributed by atoms with Gasteiger partial charge in [0.1, 0.15) is 11.3 Å². The second-order valence-electron chi connectivity index (χ2n) is 9.00. The van der Waals surface area contributed by atoms with Crippen LogP contribution in [0.3, 0.4) is 0 Å². The first-order valence-electron chi connectivity index (χ1n) is 11.2. The predicted octanol–water partition coefficient (Wildman–Crippen LogP) is 2.04. The third kappa shape index (κ3) is 4.04. The molecule has 2 aliphatic heterocycles. The lowest BCUT2D eigenvalue weighted by Gasteiger charge is -2.36. The van der Waals surface area contributed by atoms with E-state index < -0.39 is 11.5 Å². The number of carbonyl (C=O) groups excluding carboxylic acids is 3. The number of likely N-dealkylation sites (tertiary alicyclic amines) is 1. The summed E-state index contributed by atoms with van der Waals surface area (Å²) in [5.74, 6) is -0.545. The molecule has 1 saturated heterocycles. The molecule has 2 aromatic rings. The molecule has 0 radical (unpaired) electrons. The smallest absolute Gasteiger partial charge is 0.270 e. The van der Waals surface area contributed by atoms with Gasteiger partial charge >= 0.3 is 0 Å². The molecule has 0 unspecified atom stereocenters. The zero-order chi connectivity index (χ0) is 23.2. The number of benzene rings is 1. The summed E-state index contributed by atoms with van der Waals surface area (Å²) in [7, 11) is 0. The van der Waals surface area contributed by atoms with Crippen LogP contribution >= 0.6 is 11.6 Å². The lowest BCUT2D eigenvalue weighted by molar-refractivity contribution is -0.130. The highest BCUT2D eigenvalue weighted by Crippen LogP contribution is 2.44.